The lowest BCUT2D eigenvalue weighted by molar-refractivity contribution is -0.385. The average molecular weight is 523 g/mol. The molecule has 0 radical (unpaired) electrons. The van der Waals surface area contributed by atoms with Crippen molar-refractivity contribution in [1.82, 2.24) is 5.32 Å². The van der Waals surface area contributed by atoms with Gasteiger partial charge in [0.25, 0.3) is 5.69 Å². The van der Waals surface area contributed by atoms with Crippen molar-refractivity contribution in [2.75, 3.05) is 20.5 Å². The average Bonchev–Trinajstić information content (AvgIpc) is 3.23. The molecule has 1 aliphatic carbocycles. The molecule has 0 unspecified atom stereocenters. The number of nitro benzene ring substituents is 1. The van der Waals surface area contributed by atoms with Crippen molar-refractivity contribution in [2.24, 2.45) is 0 Å². The van der Waals surface area contributed by atoms with Gasteiger partial charge in [-0.15, -0.1) is 0 Å². The molecule has 3 aromatic rings. The molecule has 1 atom stereocenters. The second-order valence-electron chi connectivity index (χ2n) is 8.62. The Balaban J connectivity index is 1.49. The molecule has 0 saturated heterocycles. The molecule has 0 bridgehead atoms. The number of carbonyl (C=O) groups excluding carboxylic acids is 1. The standard InChI is InChI=1S/C27H26N2O9/c1-36-15-38-25-12-24(29(34)35)16(10-17(25)13-30)11-23(26(31)32)28-27(33)37-14-22-20-8-4-2-6-18(20)19-7-3-5-9-21(19)22/h2-10,12,22-23,30H,11,13-15H2,1H3,(H,28,33)(H,31,32)/t23-/m0/s1. The second kappa shape index (κ2) is 11.7. The summed E-state index contributed by atoms with van der Waals surface area (Å²) in [5.74, 6) is -1.59. The first-order valence-corrected chi connectivity index (χ1v) is 11.7. The maximum Gasteiger partial charge on any atom is 0.407 e. The van der Waals surface area contributed by atoms with Crippen LogP contribution in [0.1, 0.15) is 28.2 Å². The van der Waals surface area contributed by atoms with Crippen LogP contribution in [0, 0.1) is 10.1 Å². The number of nitrogens with one attached hydrogen (secondary N) is 1. The van der Waals surface area contributed by atoms with E-state index in [0.717, 1.165) is 28.3 Å². The summed E-state index contributed by atoms with van der Waals surface area (Å²) in [4.78, 5) is 35.6. The van der Waals surface area contributed by atoms with Gasteiger partial charge in [-0.2, -0.15) is 0 Å². The Morgan fingerprint density at radius 1 is 1.05 bits per heavy atom. The summed E-state index contributed by atoms with van der Waals surface area (Å²) < 4.78 is 15.5. The number of fused-ring (bicyclic) bond motifs is 3. The van der Waals surface area contributed by atoms with Crippen LogP contribution in [0.5, 0.6) is 5.75 Å². The smallest absolute Gasteiger partial charge is 0.407 e. The lowest BCUT2D eigenvalue weighted by atomic mass is 9.98. The minimum atomic E-state index is -1.53. The first-order valence-electron chi connectivity index (χ1n) is 11.7. The summed E-state index contributed by atoms with van der Waals surface area (Å²) in [7, 11) is 1.37. The Morgan fingerprint density at radius 2 is 1.68 bits per heavy atom. The third-order valence-electron chi connectivity index (χ3n) is 6.32. The normalized spacial score (nSPS) is 12.8. The Morgan fingerprint density at radius 3 is 2.24 bits per heavy atom. The number of nitrogens with zero attached hydrogens (tertiary/aromatic N) is 1. The SMILES string of the molecule is COCOc1cc([N+](=O)[O-])c(C[C@H](NC(=O)OCC2c3ccccc3-c3ccccc32)C(=O)O)cc1CO. The number of rotatable bonds is 11. The Labute approximate surface area is 217 Å². The molecule has 11 heteroatoms. The van der Waals surface area contributed by atoms with Crippen molar-refractivity contribution in [2.45, 2.75) is 25.0 Å². The maximum absolute atomic E-state index is 12.6. The zero-order valence-electron chi connectivity index (χ0n) is 20.5. The van der Waals surface area contributed by atoms with E-state index in [2.05, 4.69) is 5.32 Å². The van der Waals surface area contributed by atoms with Gasteiger partial charge in [-0.25, -0.2) is 9.59 Å². The number of carboxylic acid groups (broad SMARTS) is 1. The van der Waals surface area contributed by atoms with Crippen molar-refractivity contribution in [1.29, 1.82) is 0 Å². The number of methoxy groups -OCH3 is 1. The van der Waals surface area contributed by atoms with Gasteiger partial charge in [0.05, 0.1) is 17.6 Å². The van der Waals surface area contributed by atoms with E-state index in [1.165, 1.54) is 13.2 Å². The number of aliphatic hydroxyl groups is 1. The fraction of sp³-hybridized carbons (Fsp3) is 0.259. The molecule has 0 aromatic heterocycles. The summed E-state index contributed by atoms with van der Waals surface area (Å²) >= 11 is 0. The van der Waals surface area contributed by atoms with E-state index >= 15 is 0 Å². The number of benzene rings is 3. The van der Waals surface area contributed by atoms with E-state index in [1.54, 1.807) is 0 Å². The van der Waals surface area contributed by atoms with Crippen LogP contribution >= 0.6 is 0 Å². The van der Waals surface area contributed by atoms with Crippen LogP contribution in [0.3, 0.4) is 0 Å². The summed E-state index contributed by atoms with van der Waals surface area (Å²) in [6.45, 7) is -0.737. The Bertz CT molecular complexity index is 1310. The molecule has 11 nitrogen and oxygen atoms in total. The molecule has 4 rings (SSSR count). The quantitative estimate of drug-likeness (QED) is 0.194. The third kappa shape index (κ3) is 5.58. The predicted molar refractivity (Wildman–Crippen MR) is 135 cm³/mol. The van der Waals surface area contributed by atoms with Gasteiger partial charge in [-0.1, -0.05) is 48.5 Å². The van der Waals surface area contributed by atoms with E-state index in [4.69, 9.17) is 14.2 Å². The van der Waals surface area contributed by atoms with Crippen LogP contribution in [-0.2, 0) is 27.3 Å². The van der Waals surface area contributed by atoms with Crippen molar-refractivity contribution in [3.05, 3.63) is 93.0 Å². The van der Waals surface area contributed by atoms with E-state index < -0.39 is 41.7 Å². The molecule has 0 aliphatic heterocycles. The van der Waals surface area contributed by atoms with Gasteiger partial charge in [-0.3, -0.25) is 10.1 Å². The first-order chi connectivity index (χ1) is 18.3. The molecule has 0 fully saturated rings. The van der Waals surface area contributed by atoms with E-state index in [0.29, 0.717) is 0 Å². The van der Waals surface area contributed by atoms with Gasteiger partial charge in [0, 0.05) is 30.6 Å². The molecular formula is C27H26N2O9. The monoisotopic (exact) mass is 522 g/mol. The number of hydrogen-bond donors (Lipinski definition) is 3. The Hall–Kier alpha value is -4.48. The first kappa shape index (κ1) is 26.6. The number of nitro groups is 1. The number of ether oxygens (including phenoxy) is 3. The van der Waals surface area contributed by atoms with E-state index in [-0.39, 0.29) is 36.2 Å². The van der Waals surface area contributed by atoms with Crippen LogP contribution in [-0.4, -0.2) is 53.8 Å². The highest BCUT2D eigenvalue weighted by molar-refractivity contribution is 5.81. The largest absolute Gasteiger partial charge is 0.480 e. The lowest BCUT2D eigenvalue weighted by Gasteiger charge is -2.18. The summed E-state index contributed by atoms with van der Waals surface area (Å²) in [5.41, 5.74) is 3.87. The van der Waals surface area contributed by atoms with Gasteiger partial charge in [0.2, 0.25) is 0 Å². The van der Waals surface area contributed by atoms with E-state index in [9.17, 15) is 29.9 Å². The summed E-state index contributed by atoms with van der Waals surface area (Å²) in [6.07, 6.45) is -1.39. The molecule has 1 aliphatic rings. The molecule has 0 heterocycles. The molecule has 198 valence electrons. The highest BCUT2D eigenvalue weighted by Gasteiger charge is 2.31. The van der Waals surface area contributed by atoms with Gasteiger partial charge in [0.15, 0.2) is 6.79 Å². The van der Waals surface area contributed by atoms with Gasteiger partial charge in [-0.05, 0) is 28.3 Å². The Kier molecular flexibility index (Phi) is 8.19. The molecule has 0 saturated carbocycles. The second-order valence-corrected chi connectivity index (χ2v) is 8.62. The van der Waals surface area contributed by atoms with Gasteiger partial charge >= 0.3 is 12.1 Å². The van der Waals surface area contributed by atoms with Crippen LogP contribution in [0.2, 0.25) is 0 Å². The number of aliphatic carboxylic acids is 1. The van der Waals surface area contributed by atoms with Crippen LogP contribution in [0.15, 0.2) is 60.7 Å². The van der Waals surface area contributed by atoms with Gasteiger partial charge < -0.3 is 29.7 Å². The molecule has 0 spiro atoms. The lowest BCUT2D eigenvalue weighted by Crippen LogP contribution is -2.43. The maximum atomic E-state index is 12.6. The minimum Gasteiger partial charge on any atom is -0.480 e. The van der Waals surface area contributed by atoms with Gasteiger partial charge in [0.1, 0.15) is 18.4 Å². The fourth-order valence-electron chi connectivity index (χ4n) is 4.58. The number of carbonyl (C=O) groups is 2. The summed E-state index contributed by atoms with van der Waals surface area (Å²) in [5, 5.41) is 33.4. The zero-order chi connectivity index (χ0) is 27.2. The number of alkyl carbamates (subject to hydrolysis) is 1. The number of hydrogen-bond acceptors (Lipinski definition) is 8. The fourth-order valence-corrected chi connectivity index (χ4v) is 4.58. The highest BCUT2D eigenvalue weighted by atomic mass is 16.7. The molecule has 3 N–H and O–H groups in total. The number of carboxylic acids is 1. The highest BCUT2D eigenvalue weighted by Crippen LogP contribution is 2.44. The van der Waals surface area contributed by atoms with Crippen molar-refractivity contribution in [3.8, 4) is 16.9 Å². The third-order valence-corrected chi connectivity index (χ3v) is 6.32. The number of aliphatic hydroxyl groups excluding tert-OH is 1. The minimum absolute atomic E-state index is 0.00448. The van der Waals surface area contributed by atoms with Crippen LogP contribution in [0.4, 0.5) is 10.5 Å². The zero-order valence-corrected chi connectivity index (χ0v) is 20.5. The molecule has 38 heavy (non-hydrogen) atoms. The van der Waals surface area contributed by atoms with Crippen LogP contribution < -0.4 is 10.1 Å². The predicted octanol–water partition coefficient (Wildman–Crippen LogP) is 3.60. The van der Waals surface area contributed by atoms with Crippen molar-refractivity contribution >= 4 is 17.7 Å². The number of amides is 1. The topological polar surface area (TPSA) is 157 Å². The molecule has 1 amide bonds. The van der Waals surface area contributed by atoms with Crippen molar-refractivity contribution in [3.63, 3.8) is 0 Å². The summed E-state index contributed by atoms with van der Waals surface area (Å²) in [6, 6.07) is 16.4. The van der Waals surface area contributed by atoms with E-state index in [1.807, 2.05) is 48.5 Å². The van der Waals surface area contributed by atoms with Crippen molar-refractivity contribution < 1.29 is 38.9 Å². The molecule has 3 aromatic carbocycles. The van der Waals surface area contributed by atoms with Crippen LogP contribution in [0.25, 0.3) is 11.1 Å². The molecular weight excluding hydrogens is 496 g/mol.